The molecule has 2 aliphatic rings. The van der Waals surface area contributed by atoms with Gasteiger partial charge >= 0.3 is 11.8 Å². The van der Waals surface area contributed by atoms with Crippen molar-refractivity contribution in [1.82, 2.24) is 20.1 Å². The molecule has 2 saturated heterocycles. The van der Waals surface area contributed by atoms with E-state index in [-0.39, 0.29) is 30.5 Å². The molecule has 2 aliphatic heterocycles. The molecule has 1 aromatic heterocycles. The third kappa shape index (κ3) is 4.12. The summed E-state index contributed by atoms with van der Waals surface area (Å²) >= 11 is 0. The van der Waals surface area contributed by atoms with Crippen molar-refractivity contribution in [2.24, 2.45) is 0 Å². The summed E-state index contributed by atoms with van der Waals surface area (Å²) in [7, 11) is -3.13. The van der Waals surface area contributed by atoms with Gasteiger partial charge in [-0.3, -0.25) is 14.4 Å². The Balaban J connectivity index is 1.32. The molecule has 29 heavy (non-hydrogen) atoms. The van der Waals surface area contributed by atoms with E-state index in [0.717, 1.165) is 10.9 Å². The molecule has 0 radical (unpaired) electrons. The van der Waals surface area contributed by atoms with E-state index in [1.54, 1.807) is 11.0 Å². The van der Waals surface area contributed by atoms with Crippen LogP contribution < -0.4 is 5.32 Å². The van der Waals surface area contributed by atoms with Crippen LogP contribution in [-0.4, -0.2) is 84.6 Å². The quantitative estimate of drug-likeness (QED) is 0.652. The third-order valence-electron chi connectivity index (χ3n) is 5.38. The van der Waals surface area contributed by atoms with Crippen molar-refractivity contribution in [1.29, 1.82) is 0 Å². The molecular formula is C19H22N4O5S. The number of benzene rings is 1. The number of hydrogen-bond donors (Lipinski definition) is 2. The Morgan fingerprint density at radius 2 is 1.72 bits per heavy atom. The number of rotatable bonds is 2. The number of amides is 3. The Kier molecular flexibility index (Phi) is 5.03. The number of fused-ring (bicyclic) bond motifs is 1. The maximum atomic E-state index is 12.7. The number of aromatic nitrogens is 1. The van der Waals surface area contributed by atoms with Crippen LogP contribution >= 0.6 is 0 Å². The zero-order chi connectivity index (χ0) is 20.6. The molecule has 0 aliphatic carbocycles. The van der Waals surface area contributed by atoms with Crippen molar-refractivity contribution < 1.29 is 22.8 Å². The van der Waals surface area contributed by atoms with Crippen LogP contribution in [0, 0.1) is 0 Å². The second kappa shape index (κ2) is 7.51. The number of H-pyrrole nitrogens is 1. The Morgan fingerprint density at radius 3 is 2.38 bits per heavy atom. The van der Waals surface area contributed by atoms with Crippen LogP contribution in [0.25, 0.3) is 10.9 Å². The molecule has 1 atom stereocenters. The molecule has 0 bridgehead atoms. The van der Waals surface area contributed by atoms with Crippen molar-refractivity contribution in [2.75, 3.05) is 37.7 Å². The SMILES string of the molecule is O=C(NC1CCS(=O)(=O)C1)C(=O)N1CCN(C(=O)c2cc3ccccc3[nH]2)CC1. The van der Waals surface area contributed by atoms with Gasteiger partial charge in [0.2, 0.25) is 0 Å². The van der Waals surface area contributed by atoms with Gasteiger partial charge in [-0.15, -0.1) is 0 Å². The summed E-state index contributed by atoms with van der Waals surface area (Å²) in [6, 6.07) is 8.91. The van der Waals surface area contributed by atoms with Crippen LogP contribution in [-0.2, 0) is 19.4 Å². The molecule has 3 amide bonds. The first-order chi connectivity index (χ1) is 13.8. The van der Waals surface area contributed by atoms with Crippen molar-refractivity contribution in [3.05, 3.63) is 36.0 Å². The third-order valence-corrected chi connectivity index (χ3v) is 7.14. The van der Waals surface area contributed by atoms with E-state index in [1.807, 2.05) is 24.3 Å². The zero-order valence-corrected chi connectivity index (χ0v) is 16.6. The highest BCUT2D eigenvalue weighted by atomic mass is 32.2. The van der Waals surface area contributed by atoms with Gasteiger partial charge in [0.25, 0.3) is 5.91 Å². The van der Waals surface area contributed by atoms with Gasteiger partial charge in [0.15, 0.2) is 9.84 Å². The first-order valence-electron chi connectivity index (χ1n) is 9.50. The van der Waals surface area contributed by atoms with Crippen molar-refractivity contribution >= 4 is 38.5 Å². The average Bonchev–Trinajstić information content (AvgIpc) is 3.29. The molecule has 1 unspecified atom stereocenters. The van der Waals surface area contributed by atoms with Crippen LogP contribution in [0.5, 0.6) is 0 Å². The maximum absolute atomic E-state index is 12.7. The van der Waals surface area contributed by atoms with Gasteiger partial charge in [-0.05, 0) is 18.6 Å². The molecule has 154 valence electrons. The van der Waals surface area contributed by atoms with Crippen LogP contribution in [0.1, 0.15) is 16.9 Å². The van der Waals surface area contributed by atoms with E-state index in [0.29, 0.717) is 25.2 Å². The van der Waals surface area contributed by atoms with Gasteiger partial charge in [-0.25, -0.2) is 8.42 Å². The predicted molar refractivity (Wildman–Crippen MR) is 106 cm³/mol. The minimum Gasteiger partial charge on any atom is -0.351 e. The number of nitrogens with one attached hydrogen (secondary N) is 2. The highest BCUT2D eigenvalue weighted by molar-refractivity contribution is 7.91. The molecule has 3 heterocycles. The molecule has 9 nitrogen and oxygen atoms in total. The largest absolute Gasteiger partial charge is 0.351 e. The number of carbonyl (C=O) groups excluding carboxylic acids is 3. The fraction of sp³-hybridized carbons (Fsp3) is 0.421. The van der Waals surface area contributed by atoms with Gasteiger partial charge in [-0.1, -0.05) is 18.2 Å². The molecule has 2 aromatic rings. The minimum absolute atomic E-state index is 0.0285. The molecule has 2 fully saturated rings. The number of sulfone groups is 1. The summed E-state index contributed by atoms with van der Waals surface area (Å²) in [6.07, 6.45) is 0.328. The molecule has 0 saturated carbocycles. The molecule has 0 spiro atoms. The summed E-state index contributed by atoms with van der Waals surface area (Å²) in [6.45, 7) is 1.15. The normalized spacial score (nSPS) is 21.3. The monoisotopic (exact) mass is 418 g/mol. The molecule has 4 rings (SSSR count). The van der Waals surface area contributed by atoms with Gasteiger partial charge < -0.3 is 20.1 Å². The summed E-state index contributed by atoms with van der Waals surface area (Å²) < 4.78 is 23.0. The van der Waals surface area contributed by atoms with Gasteiger partial charge in [0, 0.05) is 43.1 Å². The van der Waals surface area contributed by atoms with E-state index in [4.69, 9.17) is 0 Å². The van der Waals surface area contributed by atoms with E-state index in [1.165, 1.54) is 4.90 Å². The van der Waals surface area contributed by atoms with E-state index in [9.17, 15) is 22.8 Å². The lowest BCUT2D eigenvalue weighted by molar-refractivity contribution is -0.147. The van der Waals surface area contributed by atoms with Crippen LogP contribution in [0.15, 0.2) is 30.3 Å². The Hall–Kier alpha value is -2.88. The number of piperazine rings is 1. The maximum Gasteiger partial charge on any atom is 0.312 e. The highest BCUT2D eigenvalue weighted by Gasteiger charge is 2.33. The van der Waals surface area contributed by atoms with Crippen LogP contribution in [0.2, 0.25) is 0 Å². The smallest absolute Gasteiger partial charge is 0.312 e. The molecule has 2 N–H and O–H groups in total. The summed E-state index contributed by atoms with van der Waals surface area (Å²) in [5, 5.41) is 3.47. The van der Waals surface area contributed by atoms with Gasteiger partial charge in [0.1, 0.15) is 5.69 Å². The van der Waals surface area contributed by atoms with E-state index >= 15 is 0 Å². The lowest BCUT2D eigenvalue weighted by Crippen LogP contribution is -2.54. The number of hydrogen-bond acceptors (Lipinski definition) is 5. The Morgan fingerprint density at radius 1 is 1.03 bits per heavy atom. The lowest BCUT2D eigenvalue weighted by atomic mass is 10.2. The first kappa shape index (κ1) is 19.4. The fourth-order valence-corrected chi connectivity index (χ4v) is 5.44. The van der Waals surface area contributed by atoms with Crippen molar-refractivity contribution in [2.45, 2.75) is 12.5 Å². The molecular weight excluding hydrogens is 396 g/mol. The Labute approximate surface area is 168 Å². The van der Waals surface area contributed by atoms with Gasteiger partial charge in [0.05, 0.1) is 11.5 Å². The van der Waals surface area contributed by atoms with Gasteiger partial charge in [-0.2, -0.15) is 0 Å². The van der Waals surface area contributed by atoms with Crippen LogP contribution in [0.4, 0.5) is 0 Å². The molecule has 1 aromatic carbocycles. The standard InChI is InChI=1S/C19H22N4O5S/c24-17(20-14-5-10-29(27,28)12-14)19(26)23-8-6-22(7-9-23)18(25)16-11-13-3-1-2-4-15(13)21-16/h1-4,11,14,21H,5-10,12H2,(H,20,24). The topological polar surface area (TPSA) is 120 Å². The highest BCUT2D eigenvalue weighted by Crippen LogP contribution is 2.17. The van der Waals surface area contributed by atoms with E-state index < -0.39 is 27.7 Å². The predicted octanol–water partition coefficient (Wildman–Crippen LogP) is -0.244. The fourth-order valence-electron chi connectivity index (χ4n) is 3.77. The lowest BCUT2D eigenvalue weighted by Gasteiger charge is -2.34. The average molecular weight is 418 g/mol. The summed E-state index contributed by atoms with van der Waals surface area (Å²) in [4.78, 5) is 43.4. The number of carbonyl (C=O) groups is 3. The number of para-hydroxylation sites is 1. The first-order valence-corrected chi connectivity index (χ1v) is 11.3. The number of nitrogens with zero attached hydrogens (tertiary/aromatic N) is 2. The summed E-state index contributed by atoms with van der Waals surface area (Å²) in [5.74, 6) is -1.72. The van der Waals surface area contributed by atoms with Crippen LogP contribution in [0.3, 0.4) is 0 Å². The summed E-state index contributed by atoms with van der Waals surface area (Å²) in [5.41, 5.74) is 1.38. The Bertz CT molecular complexity index is 1040. The number of aromatic amines is 1. The minimum atomic E-state index is -3.13. The second-order valence-electron chi connectivity index (χ2n) is 7.43. The van der Waals surface area contributed by atoms with Crippen molar-refractivity contribution in [3.8, 4) is 0 Å². The van der Waals surface area contributed by atoms with E-state index in [2.05, 4.69) is 10.3 Å². The second-order valence-corrected chi connectivity index (χ2v) is 9.66. The van der Waals surface area contributed by atoms with Crippen molar-refractivity contribution in [3.63, 3.8) is 0 Å². The molecule has 10 heteroatoms. The zero-order valence-electron chi connectivity index (χ0n) is 15.8.